The zero-order valence-corrected chi connectivity index (χ0v) is 40.4. The molecule has 6 N–H and O–H groups in total. The van der Waals surface area contributed by atoms with E-state index in [1.165, 1.54) is 45.0 Å². The number of primary amides is 1. The average Bonchev–Trinajstić information content (AvgIpc) is 4.06. The lowest BCUT2D eigenvalue weighted by Gasteiger charge is -2.31. The van der Waals surface area contributed by atoms with Crippen molar-refractivity contribution in [3.63, 3.8) is 0 Å². The Balaban J connectivity index is 0.000000206. The third kappa shape index (κ3) is 13.3. The van der Waals surface area contributed by atoms with Gasteiger partial charge in [0, 0.05) is 88.5 Å². The molecule has 70 heavy (non-hydrogen) atoms. The molecule has 2 fully saturated rings. The molecule has 2 aliphatic rings. The van der Waals surface area contributed by atoms with Crippen LogP contribution in [0.15, 0.2) is 140 Å². The van der Waals surface area contributed by atoms with Crippen molar-refractivity contribution < 1.29 is 45.0 Å². The Morgan fingerprint density at radius 1 is 0.600 bits per heavy atom. The molecule has 2 aliphatic heterocycles. The van der Waals surface area contributed by atoms with Crippen LogP contribution >= 0.6 is 23.2 Å². The van der Waals surface area contributed by atoms with Gasteiger partial charge in [-0.15, -0.1) is 0 Å². The Labute approximate surface area is 413 Å². The van der Waals surface area contributed by atoms with E-state index in [0.29, 0.717) is 82.7 Å². The van der Waals surface area contributed by atoms with Crippen LogP contribution in [0, 0.1) is 10.1 Å². The Morgan fingerprint density at radius 3 is 1.43 bits per heavy atom. The SMILES string of the molecule is NC(=O)c1cccc(NC2CCN(S(=O)(=O)c3ccc(CNC(=O)c4ccc(Cl)cc4)o3)CC2)c1.O=C(NCc1ccc(S(=O)(=O)N2CCC(Nc3cccc([N+](=O)[O-])c3)CC2)o1)c1ccc(Cl)cc1. The first-order valence-corrected chi connectivity index (χ1v) is 25.5. The van der Waals surface area contributed by atoms with Crippen molar-refractivity contribution in [1.82, 2.24) is 19.2 Å². The maximum atomic E-state index is 13.0. The van der Waals surface area contributed by atoms with Gasteiger partial charge >= 0.3 is 0 Å². The smallest absolute Gasteiger partial charge is 0.276 e. The topological polar surface area (TPSA) is 270 Å². The molecule has 0 bridgehead atoms. The highest BCUT2D eigenvalue weighted by atomic mass is 35.5. The Bertz CT molecular complexity index is 2840. The van der Waals surface area contributed by atoms with Gasteiger partial charge < -0.3 is 35.8 Å². The van der Waals surface area contributed by atoms with Gasteiger partial charge in [-0.05, 0) is 123 Å². The molecule has 23 heteroatoms. The maximum Gasteiger partial charge on any atom is 0.276 e. The number of nitro benzene ring substituents is 1. The first-order chi connectivity index (χ1) is 33.4. The largest absolute Gasteiger partial charge is 0.446 e. The van der Waals surface area contributed by atoms with E-state index >= 15 is 0 Å². The van der Waals surface area contributed by atoms with Crippen molar-refractivity contribution in [3.8, 4) is 0 Å². The highest BCUT2D eigenvalue weighted by Gasteiger charge is 2.33. The zero-order valence-electron chi connectivity index (χ0n) is 37.3. The van der Waals surface area contributed by atoms with Crippen LogP contribution in [0.3, 0.4) is 0 Å². The molecule has 0 aliphatic carbocycles. The molecule has 368 valence electrons. The molecular formula is C47H48Cl2N8O11S2. The standard InChI is InChI=1S/C24H25ClN4O5S.C23H23ClN4O6S/c25-18-6-4-16(5-7-18)24(31)27-15-21-8-9-22(34-21)35(32,33)29-12-10-19(11-13-29)28-20-3-1-2-17(14-20)23(26)30;24-17-6-4-16(5-7-17)23(29)25-15-21-8-9-22(34-21)35(32,33)27-12-10-18(11-13-27)26-19-2-1-3-20(14-19)28(30)31/h1-9,14,19,28H,10-13,15H2,(H2,26,30)(H,27,31);1-9,14,18,26H,10-13,15H2,(H,25,29). The number of sulfonamides is 2. The van der Waals surface area contributed by atoms with E-state index in [0.717, 1.165) is 5.69 Å². The molecule has 0 radical (unpaired) electrons. The summed E-state index contributed by atoms with van der Waals surface area (Å²) < 4.78 is 65.9. The number of hydrogen-bond donors (Lipinski definition) is 5. The molecule has 0 spiro atoms. The van der Waals surface area contributed by atoms with Gasteiger partial charge in [-0.1, -0.05) is 35.3 Å². The lowest BCUT2D eigenvalue weighted by molar-refractivity contribution is -0.384. The lowest BCUT2D eigenvalue weighted by atomic mass is 10.1. The minimum absolute atomic E-state index is 0.00649. The number of carbonyl (C=O) groups excluding carboxylic acids is 3. The monoisotopic (exact) mass is 1030 g/mol. The first-order valence-electron chi connectivity index (χ1n) is 21.9. The highest BCUT2D eigenvalue weighted by molar-refractivity contribution is 7.89. The second kappa shape index (κ2) is 22.8. The van der Waals surface area contributed by atoms with Crippen molar-refractivity contribution in [1.29, 1.82) is 0 Å². The van der Waals surface area contributed by atoms with Crippen LogP contribution in [0.2, 0.25) is 10.0 Å². The molecule has 0 unspecified atom stereocenters. The highest BCUT2D eigenvalue weighted by Crippen LogP contribution is 2.27. The lowest BCUT2D eigenvalue weighted by Crippen LogP contribution is -2.42. The number of non-ortho nitro benzene ring substituents is 1. The minimum atomic E-state index is -3.83. The van der Waals surface area contributed by atoms with Crippen LogP contribution in [0.5, 0.6) is 0 Å². The van der Waals surface area contributed by atoms with Gasteiger partial charge in [0.25, 0.3) is 37.5 Å². The molecule has 2 saturated heterocycles. The number of carbonyl (C=O) groups is 3. The number of nitro groups is 1. The number of furan rings is 2. The number of anilines is 2. The summed E-state index contributed by atoms with van der Waals surface area (Å²) in [6.07, 6.45) is 2.24. The molecule has 8 rings (SSSR count). The number of halogens is 2. The third-order valence-corrected chi connectivity index (χ3v) is 15.4. The summed E-state index contributed by atoms with van der Waals surface area (Å²) in [5, 5.41) is 23.6. The van der Waals surface area contributed by atoms with Crippen molar-refractivity contribution in [2.75, 3.05) is 36.8 Å². The molecule has 0 atom stereocenters. The number of nitrogens with zero attached hydrogens (tertiary/aromatic N) is 3. The quantitative estimate of drug-likeness (QED) is 0.0472. The van der Waals surface area contributed by atoms with E-state index < -0.39 is 30.9 Å². The molecular weight excluding hydrogens is 988 g/mol. The summed E-state index contributed by atoms with van der Waals surface area (Å²) in [6, 6.07) is 31.8. The molecule has 19 nitrogen and oxygen atoms in total. The molecule has 2 aromatic heterocycles. The van der Waals surface area contributed by atoms with E-state index in [9.17, 15) is 41.3 Å². The molecule has 4 aromatic carbocycles. The fraction of sp³-hybridized carbons (Fsp3) is 0.255. The summed E-state index contributed by atoms with van der Waals surface area (Å²) in [4.78, 5) is 46.3. The number of piperidine rings is 2. The van der Waals surface area contributed by atoms with Crippen LogP contribution in [0.25, 0.3) is 0 Å². The van der Waals surface area contributed by atoms with Crippen molar-refractivity contribution >= 4 is 78.0 Å². The predicted octanol–water partition coefficient (Wildman–Crippen LogP) is 7.26. The van der Waals surface area contributed by atoms with Crippen LogP contribution in [0.1, 0.15) is 68.3 Å². The number of amides is 3. The third-order valence-electron chi connectivity index (χ3n) is 11.4. The Hall–Kier alpha value is -6.75. The second-order valence-electron chi connectivity index (χ2n) is 16.2. The van der Waals surface area contributed by atoms with E-state index in [2.05, 4.69) is 21.3 Å². The zero-order chi connectivity index (χ0) is 50.0. The minimum Gasteiger partial charge on any atom is -0.446 e. The summed E-state index contributed by atoms with van der Waals surface area (Å²) in [6.45, 7) is 1.27. The van der Waals surface area contributed by atoms with Crippen molar-refractivity contribution in [3.05, 3.63) is 170 Å². The number of nitrogens with one attached hydrogen (secondary N) is 4. The van der Waals surface area contributed by atoms with Gasteiger partial charge in [-0.3, -0.25) is 24.5 Å². The van der Waals surface area contributed by atoms with E-state index in [-0.39, 0.29) is 65.9 Å². The van der Waals surface area contributed by atoms with Crippen LogP contribution in [0.4, 0.5) is 17.1 Å². The number of nitrogens with two attached hydrogens (primary N) is 1. The van der Waals surface area contributed by atoms with Gasteiger partial charge in [0.1, 0.15) is 11.5 Å². The van der Waals surface area contributed by atoms with Gasteiger partial charge in [-0.2, -0.15) is 8.61 Å². The van der Waals surface area contributed by atoms with Crippen molar-refractivity contribution in [2.45, 2.75) is 61.0 Å². The number of benzene rings is 4. The normalized spacial score (nSPS) is 15.0. The second-order valence-corrected chi connectivity index (χ2v) is 20.8. The van der Waals surface area contributed by atoms with Crippen LogP contribution in [-0.4, -0.2) is 86.4 Å². The number of rotatable bonds is 16. The Morgan fingerprint density at radius 2 is 1.01 bits per heavy atom. The molecule has 4 heterocycles. The van der Waals surface area contributed by atoms with E-state index in [1.807, 2.05) is 6.07 Å². The molecule has 3 amide bonds. The maximum absolute atomic E-state index is 13.0. The van der Waals surface area contributed by atoms with E-state index in [1.54, 1.807) is 78.9 Å². The summed E-state index contributed by atoms with van der Waals surface area (Å²) in [5.41, 5.74) is 7.98. The van der Waals surface area contributed by atoms with Crippen LogP contribution in [-0.2, 0) is 33.1 Å². The van der Waals surface area contributed by atoms with Gasteiger partial charge in [0.15, 0.2) is 0 Å². The molecule has 6 aromatic rings. The molecule has 0 saturated carbocycles. The Kier molecular flexibility index (Phi) is 16.6. The summed E-state index contributed by atoms with van der Waals surface area (Å²) in [5.74, 6) is -0.513. The predicted molar refractivity (Wildman–Crippen MR) is 262 cm³/mol. The fourth-order valence-corrected chi connectivity index (χ4v) is 10.7. The van der Waals surface area contributed by atoms with Gasteiger partial charge in [0.05, 0.1) is 18.0 Å². The van der Waals surface area contributed by atoms with Crippen molar-refractivity contribution in [2.24, 2.45) is 5.73 Å². The number of hydrogen-bond acceptors (Lipinski definition) is 13. The van der Waals surface area contributed by atoms with Gasteiger partial charge in [-0.25, -0.2) is 16.8 Å². The average molecular weight is 1040 g/mol. The van der Waals surface area contributed by atoms with Gasteiger partial charge in [0.2, 0.25) is 16.1 Å². The van der Waals surface area contributed by atoms with E-state index in [4.69, 9.17) is 37.8 Å². The first kappa shape index (κ1) is 51.1. The summed E-state index contributed by atoms with van der Waals surface area (Å²) in [7, 11) is -7.63. The summed E-state index contributed by atoms with van der Waals surface area (Å²) >= 11 is 11.7. The van der Waals surface area contributed by atoms with Crippen LogP contribution < -0.4 is 27.0 Å². The fourth-order valence-electron chi connectivity index (χ4n) is 7.60.